The van der Waals surface area contributed by atoms with Crippen LogP contribution in [0.1, 0.15) is 0 Å². The molecule has 0 bridgehead atoms. The van der Waals surface area contributed by atoms with Gasteiger partial charge in [-0.25, -0.2) is 4.79 Å². The van der Waals surface area contributed by atoms with Crippen LogP contribution >= 0.6 is 0 Å². The fourth-order valence-corrected chi connectivity index (χ4v) is 4.20. The Hall–Kier alpha value is -3.85. The predicted octanol–water partition coefficient (Wildman–Crippen LogP) is 6.04. The van der Waals surface area contributed by atoms with E-state index in [4.69, 9.17) is 4.42 Å². The Labute approximate surface area is 160 Å². The molecule has 0 spiro atoms. The van der Waals surface area contributed by atoms with Crippen LogP contribution in [0.5, 0.6) is 0 Å². The van der Waals surface area contributed by atoms with Crippen LogP contribution in [0.15, 0.2) is 100 Å². The zero-order chi connectivity index (χ0) is 18.7. The number of rotatable bonds is 1. The van der Waals surface area contributed by atoms with Gasteiger partial charge in [0.1, 0.15) is 5.58 Å². The number of para-hydroxylation sites is 2. The van der Waals surface area contributed by atoms with Crippen molar-refractivity contribution in [2.45, 2.75) is 0 Å². The van der Waals surface area contributed by atoms with E-state index in [0.717, 1.165) is 32.9 Å². The van der Waals surface area contributed by atoms with Crippen molar-refractivity contribution >= 4 is 43.5 Å². The summed E-state index contributed by atoms with van der Waals surface area (Å²) < 4.78 is 7.92. The molecule has 28 heavy (non-hydrogen) atoms. The number of hydrogen-bond acceptors (Lipinski definition) is 2. The van der Waals surface area contributed by atoms with E-state index in [1.54, 1.807) is 0 Å². The first-order valence-corrected chi connectivity index (χ1v) is 9.25. The lowest BCUT2D eigenvalue weighted by atomic mass is 10.0. The van der Waals surface area contributed by atoms with E-state index in [1.165, 1.54) is 5.39 Å². The molecule has 2 heterocycles. The molecular weight excluding hydrogens is 346 g/mol. The second-order valence-electron chi connectivity index (χ2n) is 6.99. The van der Waals surface area contributed by atoms with Crippen LogP contribution in [-0.2, 0) is 0 Å². The Bertz CT molecular complexity index is 1570. The minimum atomic E-state index is -0.301. The van der Waals surface area contributed by atoms with Crippen LogP contribution in [0.25, 0.3) is 49.2 Å². The molecule has 0 fully saturated rings. The largest absolute Gasteiger partial charge is 0.422 e. The van der Waals surface area contributed by atoms with E-state index in [0.29, 0.717) is 11.0 Å². The molecule has 0 saturated carbocycles. The predicted molar refractivity (Wildman–Crippen MR) is 114 cm³/mol. The summed E-state index contributed by atoms with van der Waals surface area (Å²) in [6.45, 7) is 0. The Balaban J connectivity index is 1.87. The topological polar surface area (TPSA) is 35.1 Å². The van der Waals surface area contributed by atoms with Crippen molar-refractivity contribution in [1.82, 2.24) is 4.57 Å². The van der Waals surface area contributed by atoms with Crippen LogP contribution in [0.2, 0.25) is 0 Å². The average molecular weight is 361 g/mol. The summed E-state index contributed by atoms with van der Waals surface area (Å²) in [5, 5.41) is 4.82. The van der Waals surface area contributed by atoms with Crippen molar-refractivity contribution < 1.29 is 4.42 Å². The molecule has 0 atom stereocenters. The Morgan fingerprint density at radius 3 is 2.07 bits per heavy atom. The van der Waals surface area contributed by atoms with Crippen LogP contribution in [-0.4, -0.2) is 4.57 Å². The molecule has 2 aromatic heterocycles. The van der Waals surface area contributed by atoms with Crippen molar-refractivity contribution in [3.63, 3.8) is 0 Å². The van der Waals surface area contributed by atoms with Crippen molar-refractivity contribution in [1.29, 1.82) is 0 Å². The number of aromatic nitrogens is 1. The van der Waals surface area contributed by atoms with Gasteiger partial charge in [0, 0.05) is 27.9 Å². The van der Waals surface area contributed by atoms with Gasteiger partial charge in [0.2, 0.25) is 0 Å². The molecule has 6 aromatic rings. The number of fused-ring (bicyclic) bond motifs is 6. The highest BCUT2D eigenvalue weighted by atomic mass is 16.4. The van der Waals surface area contributed by atoms with Gasteiger partial charge in [-0.15, -0.1) is 0 Å². The zero-order valence-corrected chi connectivity index (χ0v) is 14.9. The van der Waals surface area contributed by atoms with Crippen molar-refractivity contribution in [2.75, 3.05) is 0 Å². The Morgan fingerprint density at radius 1 is 0.571 bits per heavy atom. The molecule has 0 unspecified atom stereocenters. The number of nitrogens with zero attached hydrogens (tertiary/aromatic N) is 1. The fraction of sp³-hybridized carbons (Fsp3) is 0. The summed E-state index contributed by atoms with van der Waals surface area (Å²) in [5.74, 6) is 0. The quantitative estimate of drug-likeness (QED) is 0.264. The maximum absolute atomic E-state index is 12.5. The summed E-state index contributed by atoms with van der Waals surface area (Å²) in [6.07, 6.45) is 0. The van der Waals surface area contributed by atoms with Crippen molar-refractivity contribution in [3.8, 4) is 5.69 Å². The summed E-state index contributed by atoms with van der Waals surface area (Å²) in [5.41, 5.74) is 3.54. The molecule has 132 valence electrons. The molecule has 0 saturated heterocycles. The first kappa shape index (κ1) is 15.2. The van der Waals surface area contributed by atoms with E-state index in [2.05, 4.69) is 47.0 Å². The second-order valence-corrected chi connectivity index (χ2v) is 6.99. The molecule has 3 heteroatoms. The molecule has 4 aromatic carbocycles. The Morgan fingerprint density at radius 2 is 1.25 bits per heavy atom. The van der Waals surface area contributed by atoms with Gasteiger partial charge in [-0.2, -0.15) is 0 Å². The first-order valence-electron chi connectivity index (χ1n) is 9.25. The van der Waals surface area contributed by atoms with Gasteiger partial charge < -0.3 is 8.98 Å². The van der Waals surface area contributed by atoms with E-state index in [9.17, 15) is 4.79 Å². The van der Waals surface area contributed by atoms with E-state index < -0.39 is 0 Å². The van der Waals surface area contributed by atoms with Gasteiger partial charge in [-0.1, -0.05) is 54.6 Å². The minimum Gasteiger partial charge on any atom is -0.422 e. The number of benzene rings is 4. The lowest BCUT2D eigenvalue weighted by Gasteiger charge is -2.08. The molecule has 0 aliphatic heterocycles. The van der Waals surface area contributed by atoms with Crippen molar-refractivity contribution in [2.24, 2.45) is 0 Å². The lowest BCUT2D eigenvalue weighted by Crippen LogP contribution is -1.99. The average Bonchev–Trinajstić information content (AvgIpc) is 3.07. The van der Waals surface area contributed by atoms with Crippen LogP contribution in [0.3, 0.4) is 0 Å². The number of hydrogen-bond donors (Lipinski definition) is 0. The third-order valence-corrected chi connectivity index (χ3v) is 5.43. The van der Waals surface area contributed by atoms with Gasteiger partial charge in [-0.3, -0.25) is 0 Å². The fourth-order valence-electron chi connectivity index (χ4n) is 4.20. The molecule has 6 rings (SSSR count). The maximum Gasteiger partial charge on any atom is 0.344 e. The molecule has 3 nitrogen and oxygen atoms in total. The maximum atomic E-state index is 12.5. The third-order valence-electron chi connectivity index (χ3n) is 5.43. The highest BCUT2D eigenvalue weighted by Gasteiger charge is 2.15. The van der Waals surface area contributed by atoms with Gasteiger partial charge >= 0.3 is 5.63 Å². The van der Waals surface area contributed by atoms with Gasteiger partial charge in [-0.05, 0) is 35.7 Å². The SMILES string of the molecule is O=c1oc2cc3c(cc2c2ccccc12)c1ccccc1n3-c1ccccc1. The minimum absolute atomic E-state index is 0.301. The molecule has 0 radical (unpaired) electrons. The van der Waals surface area contributed by atoms with Crippen LogP contribution in [0.4, 0.5) is 0 Å². The summed E-state index contributed by atoms with van der Waals surface area (Å²) in [6, 6.07) is 30.4. The smallest absolute Gasteiger partial charge is 0.344 e. The zero-order valence-electron chi connectivity index (χ0n) is 14.9. The highest BCUT2D eigenvalue weighted by molar-refractivity contribution is 6.16. The van der Waals surface area contributed by atoms with Crippen LogP contribution < -0.4 is 5.63 Å². The summed E-state index contributed by atoms with van der Waals surface area (Å²) in [4.78, 5) is 12.5. The molecule has 0 aliphatic carbocycles. The van der Waals surface area contributed by atoms with Crippen molar-refractivity contribution in [3.05, 3.63) is 101 Å². The molecular formula is C25H15NO2. The summed E-state index contributed by atoms with van der Waals surface area (Å²) >= 11 is 0. The van der Waals surface area contributed by atoms with Crippen LogP contribution in [0, 0.1) is 0 Å². The Kier molecular flexibility index (Phi) is 3.03. The van der Waals surface area contributed by atoms with Gasteiger partial charge in [0.05, 0.1) is 16.4 Å². The lowest BCUT2D eigenvalue weighted by molar-refractivity contribution is 0.570. The molecule has 0 amide bonds. The molecule has 0 aliphatic rings. The normalized spacial score (nSPS) is 11.7. The summed E-state index contributed by atoms with van der Waals surface area (Å²) in [7, 11) is 0. The second kappa shape index (κ2) is 5.57. The standard InChI is InChI=1S/C25H15NO2/c27-25-19-12-5-4-10-17(19)21-14-20-18-11-6-7-13-22(18)26(16-8-2-1-3-9-16)23(20)15-24(21)28-25/h1-15H. The van der Waals surface area contributed by atoms with E-state index in [1.807, 2.05) is 48.5 Å². The highest BCUT2D eigenvalue weighted by Crippen LogP contribution is 2.36. The van der Waals surface area contributed by atoms with Gasteiger partial charge in [0.15, 0.2) is 0 Å². The third kappa shape index (κ3) is 2.01. The monoisotopic (exact) mass is 361 g/mol. The molecule has 0 N–H and O–H groups in total. The van der Waals surface area contributed by atoms with E-state index >= 15 is 0 Å². The first-order chi connectivity index (χ1) is 13.8. The van der Waals surface area contributed by atoms with E-state index in [-0.39, 0.29) is 5.63 Å². The van der Waals surface area contributed by atoms with Gasteiger partial charge in [0.25, 0.3) is 0 Å².